The zero-order valence-electron chi connectivity index (χ0n) is 12.4. The molecule has 0 spiro atoms. The lowest BCUT2D eigenvalue weighted by Gasteiger charge is -2.22. The first-order valence-electron chi connectivity index (χ1n) is 7.97. The van der Waals surface area contributed by atoms with Crippen molar-refractivity contribution in [3.63, 3.8) is 0 Å². The Balaban J connectivity index is 1.51. The maximum absolute atomic E-state index is 5.80. The highest BCUT2D eigenvalue weighted by atomic mass is 16.5. The second-order valence-corrected chi connectivity index (χ2v) is 5.82. The highest BCUT2D eigenvalue weighted by Gasteiger charge is 2.12. The molecule has 2 heteroatoms. The molecular weight excluding hydrogens is 258 g/mol. The molecule has 0 heterocycles. The first-order chi connectivity index (χ1) is 10.4. The summed E-state index contributed by atoms with van der Waals surface area (Å²) >= 11 is 0. The Kier molecular flexibility index (Phi) is 4.78. The van der Waals surface area contributed by atoms with Gasteiger partial charge in [-0.2, -0.15) is 0 Å². The van der Waals surface area contributed by atoms with E-state index in [1.165, 1.54) is 37.8 Å². The number of nitrogens with one attached hydrogen (secondary N) is 1. The number of hydrogen-bond donors (Lipinski definition) is 1. The molecule has 2 aromatic carbocycles. The normalized spacial score (nSPS) is 15.6. The van der Waals surface area contributed by atoms with E-state index in [1.807, 2.05) is 42.5 Å². The molecule has 21 heavy (non-hydrogen) atoms. The fourth-order valence-electron chi connectivity index (χ4n) is 2.92. The highest BCUT2D eigenvalue weighted by Crippen LogP contribution is 2.25. The molecular formula is C19H23NO. The van der Waals surface area contributed by atoms with E-state index in [0.717, 1.165) is 24.0 Å². The quantitative estimate of drug-likeness (QED) is 0.784. The van der Waals surface area contributed by atoms with Crippen LogP contribution in [0.4, 0.5) is 5.69 Å². The predicted molar refractivity (Wildman–Crippen MR) is 88.0 cm³/mol. The number of para-hydroxylation sites is 1. The summed E-state index contributed by atoms with van der Waals surface area (Å²) < 4.78 is 5.80. The van der Waals surface area contributed by atoms with Gasteiger partial charge in [0.2, 0.25) is 0 Å². The molecule has 2 nitrogen and oxygen atoms in total. The molecule has 110 valence electrons. The molecule has 1 aliphatic carbocycles. The third-order valence-electron chi connectivity index (χ3n) is 4.15. The molecule has 0 unspecified atom stereocenters. The molecule has 3 rings (SSSR count). The van der Waals surface area contributed by atoms with Crippen LogP contribution in [0, 0.1) is 5.92 Å². The first kappa shape index (κ1) is 14.0. The number of rotatable bonds is 5. The van der Waals surface area contributed by atoms with Gasteiger partial charge >= 0.3 is 0 Å². The molecule has 0 atom stereocenters. The van der Waals surface area contributed by atoms with Crippen molar-refractivity contribution in [3.8, 4) is 11.5 Å². The van der Waals surface area contributed by atoms with Crippen LogP contribution >= 0.6 is 0 Å². The zero-order chi connectivity index (χ0) is 14.3. The smallest absolute Gasteiger partial charge is 0.127 e. The summed E-state index contributed by atoms with van der Waals surface area (Å²) in [6, 6.07) is 18.1. The van der Waals surface area contributed by atoms with Gasteiger partial charge < -0.3 is 10.1 Å². The standard InChI is InChI=1S/C19H23NO/c1-3-7-16(8-4-1)15-20-17-11-13-19(14-12-17)21-18-9-5-2-6-10-18/h2,5-6,9-14,16,20H,1,3-4,7-8,15H2. The minimum atomic E-state index is 0.846. The van der Waals surface area contributed by atoms with E-state index in [9.17, 15) is 0 Å². The number of ether oxygens (including phenoxy) is 1. The van der Waals surface area contributed by atoms with Gasteiger partial charge in [0.05, 0.1) is 0 Å². The van der Waals surface area contributed by atoms with Crippen molar-refractivity contribution < 1.29 is 4.74 Å². The van der Waals surface area contributed by atoms with E-state index in [1.54, 1.807) is 0 Å². The van der Waals surface area contributed by atoms with Crippen LogP contribution < -0.4 is 10.1 Å². The molecule has 1 fully saturated rings. The third kappa shape index (κ3) is 4.25. The number of hydrogen-bond acceptors (Lipinski definition) is 2. The topological polar surface area (TPSA) is 21.3 Å². The zero-order valence-corrected chi connectivity index (χ0v) is 12.4. The molecule has 0 bridgehead atoms. The van der Waals surface area contributed by atoms with Crippen molar-refractivity contribution in [1.82, 2.24) is 0 Å². The molecule has 0 amide bonds. The molecule has 1 N–H and O–H groups in total. The van der Waals surface area contributed by atoms with E-state index in [2.05, 4.69) is 17.4 Å². The van der Waals surface area contributed by atoms with E-state index < -0.39 is 0 Å². The lowest BCUT2D eigenvalue weighted by atomic mass is 9.89. The van der Waals surface area contributed by atoms with Gasteiger partial charge in [0.1, 0.15) is 11.5 Å². The minimum absolute atomic E-state index is 0.846. The van der Waals surface area contributed by atoms with Crippen molar-refractivity contribution in [2.75, 3.05) is 11.9 Å². The van der Waals surface area contributed by atoms with Crippen molar-refractivity contribution in [1.29, 1.82) is 0 Å². The molecule has 0 aromatic heterocycles. The fourth-order valence-corrected chi connectivity index (χ4v) is 2.92. The lowest BCUT2D eigenvalue weighted by molar-refractivity contribution is 0.373. The SMILES string of the molecule is c1ccc(Oc2ccc(NCC3CCCCC3)cc2)cc1. The Morgan fingerprint density at radius 2 is 1.48 bits per heavy atom. The van der Waals surface area contributed by atoms with Gasteiger partial charge in [0.15, 0.2) is 0 Å². The summed E-state index contributed by atoms with van der Waals surface area (Å²) in [5.41, 5.74) is 1.18. The van der Waals surface area contributed by atoms with Crippen LogP contribution in [0.5, 0.6) is 11.5 Å². The summed E-state index contributed by atoms with van der Waals surface area (Å²) in [6.45, 7) is 1.10. The van der Waals surface area contributed by atoms with Crippen LogP contribution in [0.15, 0.2) is 54.6 Å². The van der Waals surface area contributed by atoms with Crippen LogP contribution in [0.1, 0.15) is 32.1 Å². The van der Waals surface area contributed by atoms with Gasteiger partial charge in [0.25, 0.3) is 0 Å². The third-order valence-corrected chi connectivity index (χ3v) is 4.15. The average Bonchev–Trinajstić information content (AvgIpc) is 2.56. The maximum atomic E-state index is 5.80. The number of anilines is 1. The second-order valence-electron chi connectivity index (χ2n) is 5.82. The van der Waals surface area contributed by atoms with Crippen LogP contribution in [-0.2, 0) is 0 Å². The Labute approximate surface area is 127 Å². The van der Waals surface area contributed by atoms with Gasteiger partial charge in [-0.3, -0.25) is 0 Å². The van der Waals surface area contributed by atoms with Gasteiger partial charge in [-0.15, -0.1) is 0 Å². The number of benzene rings is 2. The Morgan fingerprint density at radius 1 is 0.810 bits per heavy atom. The summed E-state index contributed by atoms with van der Waals surface area (Å²) in [7, 11) is 0. The van der Waals surface area contributed by atoms with Gasteiger partial charge in [-0.1, -0.05) is 37.5 Å². The van der Waals surface area contributed by atoms with E-state index in [0.29, 0.717) is 0 Å². The van der Waals surface area contributed by atoms with Crippen molar-refractivity contribution >= 4 is 5.69 Å². The van der Waals surface area contributed by atoms with Crippen molar-refractivity contribution in [2.45, 2.75) is 32.1 Å². The van der Waals surface area contributed by atoms with Crippen LogP contribution in [0.2, 0.25) is 0 Å². The molecule has 1 saturated carbocycles. The summed E-state index contributed by atoms with van der Waals surface area (Å²) in [4.78, 5) is 0. The van der Waals surface area contributed by atoms with Gasteiger partial charge in [-0.05, 0) is 55.2 Å². The molecule has 0 saturated heterocycles. The first-order valence-corrected chi connectivity index (χ1v) is 7.97. The van der Waals surface area contributed by atoms with E-state index in [-0.39, 0.29) is 0 Å². The predicted octanol–water partition coefficient (Wildman–Crippen LogP) is 5.47. The van der Waals surface area contributed by atoms with E-state index in [4.69, 9.17) is 4.74 Å². The van der Waals surface area contributed by atoms with Gasteiger partial charge in [0, 0.05) is 12.2 Å². The summed E-state index contributed by atoms with van der Waals surface area (Å²) in [5.74, 6) is 2.60. The van der Waals surface area contributed by atoms with Crippen molar-refractivity contribution in [2.24, 2.45) is 5.92 Å². The fraction of sp³-hybridized carbons (Fsp3) is 0.368. The monoisotopic (exact) mass is 281 g/mol. The van der Waals surface area contributed by atoms with Crippen LogP contribution in [-0.4, -0.2) is 6.54 Å². The molecule has 1 aliphatic rings. The Morgan fingerprint density at radius 3 is 2.19 bits per heavy atom. The second kappa shape index (κ2) is 7.16. The van der Waals surface area contributed by atoms with Crippen molar-refractivity contribution in [3.05, 3.63) is 54.6 Å². The Bertz CT molecular complexity index is 529. The van der Waals surface area contributed by atoms with Crippen LogP contribution in [0.25, 0.3) is 0 Å². The minimum Gasteiger partial charge on any atom is -0.457 e. The summed E-state index contributed by atoms with van der Waals surface area (Å²) in [6.07, 6.45) is 6.97. The molecule has 2 aromatic rings. The maximum Gasteiger partial charge on any atom is 0.127 e. The van der Waals surface area contributed by atoms with E-state index >= 15 is 0 Å². The van der Waals surface area contributed by atoms with Crippen LogP contribution in [0.3, 0.4) is 0 Å². The largest absolute Gasteiger partial charge is 0.457 e. The molecule has 0 radical (unpaired) electrons. The van der Waals surface area contributed by atoms with Gasteiger partial charge in [-0.25, -0.2) is 0 Å². The Hall–Kier alpha value is -1.96. The lowest BCUT2D eigenvalue weighted by Crippen LogP contribution is -2.16. The molecule has 0 aliphatic heterocycles. The summed E-state index contributed by atoms with van der Waals surface area (Å²) in [5, 5.41) is 3.55. The highest BCUT2D eigenvalue weighted by molar-refractivity contribution is 5.47. The average molecular weight is 281 g/mol.